The van der Waals surface area contributed by atoms with Gasteiger partial charge < -0.3 is 10.2 Å². The number of hydrogen-bond acceptors (Lipinski definition) is 4. The summed E-state index contributed by atoms with van der Waals surface area (Å²) >= 11 is 0. The Hall–Kier alpha value is -2.40. The van der Waals surface area contributed by atoms with Gasteiger partial charge in [-0.2, -0.15) is 0 Å². The Bertz CT molecular complexity index is 721. The second-order valence-electron chi connectivity index (χ2n) is 6.93. The maximum absolute atomic E-state index is 12.2. The van der Waals surface area contributed by atoms with Gasteiger partial charge in [-0.15, -0.1) is 0 Å². The summed E-state index contributed by atoms with van der Waals surface area (Å²) in [4.78, 5) is 21.3. The van der Waals surface area contributed by atoms with Crippen LogP contribution in [0.1, 0.15) is 28.8 Å². The number of carbonyl (C=O) groups excluding carboxylic acids is 1. The number of nitrogens with one attached hydrogen (secondary N) is 1. The second kappa shape index (κ2) is 7.23. The number of piperazine rings is 1. The third-order valence-electron chi connectivity index (χ3n) is 4.89. The zero-order valence-electron chi connectivity index (χ0n) is 14.4. The van der Waals surface area contributed by atoms with E-state index in [0.717, 1.165) is 51.3 Å². The molecule has 0 spiro atoms. The number of anilines is 1. The molecule has 2 heterocycles. The van der Waals surface area contributed by atoms with Crippen LogP contribution in [-0.4, -0.2) is 48.0 Å². The SMILES string of the molecule is O=C(NC1CC1)c1cncc(N2CCN(Cc3ccccc3)CC2)c1. The van der Waals surface area contributed by atoms with E-state index in [2.05, 4.69) is 50.4 Å². The van der Waals surface area contributed by atoms with Gasteiger partial charge in [-0.25, -0.2) is 0 Å². The Morgan fingerprint density at radius 3 is 2.56 bits per heavy atom. The molecule has 130 valence electrons. The predicted octanol–water partition coefficient (Wildman–Crippen LogP) is 2.30. The largest absolute Gasteiger partial charge is 0.368 e. The first kappa shape index (κ1) is 16.1. The number of pyridine rings is 1. The molecule has 0 atom stereocenters. The van der Waals surface area contributed by atoms with E-state index in [9.17, 15) is 4.79 Å². The van der Waals surface area contributed by atoms with Crippen LogP contribution in [0.2, 0.25) is 0 Å². The summed E-state index contributed by atoms with van der Waals surface area (Å²) in [5, 5.41) is 3.03. The van der Waals surface area contributed by atoms with Gasteiger partial charge in [0.25, 0.3) is 5.91 Å². The van der Waals surface area contributed by atoms with E-state index >= 15 is 0 Å². The van der Waals surface area contributed by atoms with Gasteiger partial charge in [0.15, 0.2) is 0 Å². The summed E-state index contributed by atoms with van der Waals surface area (Å²) < 4.78 is 0. The molecule has 1 aliphatic heterocycles. The molecule has 1 saturated heterocycles. The second-order valence-corrected chi connectivity index (χ2v) is 6.93. The Labute approximate surface area is 148 Å². The van der Waals surface area contributed by atoms with Crippen molar-refractivity contribution < 1.29 is 4.79 Å². The highest BCUT2D eigenvalue weighted by atomic mass is 16.1. The molecule has 4 rings (SSSR count). The minimum atomic E-state index is -0.000404. The lowest BCUT2D eigenvalue weighted by Gasteiger charge is -2.36. The highest BCUT2D eigenvalue weighted by Gasteiger charge is 2.24. The van der Waals surface area contributed by atoms with Crippen LogP contribution in [0.25, 0.3) is 0 Å². The van der Waals surface area contributed by atoms with Crippen LogP contribution in [0.3, 0.4) is 0 Å². The van der Waals surface area contributed by atoms with E-state index < -0.39 is 0 Å². The van der Waals surface area contributed by atoms with Gasteiger partial charge in [0.05, 0.1) is 17.4 Å². The van der Waals surface area contributed by atoms with Crippen LogP contribution in [0, 0.1) is 0 Å². The molecule has 25 heavy (non-hydrogen) atoms. The van der Waals surface area contributed by atoms with E-state index in [-0.39, 0.29) is 5.91 Å². The molecule has 2 aromatic rings. The van der Waals surface area contributed by atoms with Crippen molar-refractivity contribution in [2.75, 3.05) is 31.1 Å². The number of rotatable bonds is 5. The van der Waals surface area contributed by atoms with Crippen LogP contribution < -0.4 is 10.2 Å². The molecule has 2 aliphatic rings. The molecule has 0 bridgehead atoms. The molecule has 1 amide bonds. The van der Waals surface area contributed by atoms with E-state index in [1.54, 1.807) is 6.20 Å². The average molecular weight is 336 g/mol. The number of hydrogen-bond donors (Lipinski definition) is 1. The first-order valence-electron chi connectivity index (χ1n) is 9.05. The number of nitrogens with zero attached hydrogens (tertiary/aromatic N) is 3. The van der Waals surface area contributed by atoms with Gasteiger partial charge in [0.2, 0.25) is 0 Å². The Kier molecular flexibility index (Phi) is 4.65. The Morgan fingerprint density at radius 1 is 1.08 bits per heavy atom. The third kappa shape index (κ3) is 4.17. The van der Waals surface area contributed by atoms with Gasteiger partial charge in [-0.05, 0) is 24.5 Å². The molecule has 1 aromatic carbocycles. The maximum atomic E-state index is 12.2. The summed E-state index contributed by atoms with van der Waals surface area (Å²) in [6, 6.07) is 12.9. The van der Waals surface area contributed by atoms with E-state index in [1.165, 1.54) is 5.56 Å². The van der Waals surface area contributed by atoms with Crippen molar-refractivity contribution in [1.29, 1.82) is 0 Å². The van der Waals surface area contributed by atoms with Crippen molar-refractivity contribution in [2.45, 2.75) is 25.4 Å². The van der Waals surface area contributed by atoms with Gasteiger partial charge in [0.1, 0.15) is 0 Å². The number of carbonyl (C=O) groups is 1. The molecule has 5 nitrogen and oxygen atoms in total. The summed E-state index contributed by atoms with van der Waals surface area (Å²) in [6.07, 6.45) is 5.72. The standard InChI is InChI=1S/C20H24N4O/c25-20(22-18-6-7-18)17-12-19(14-21-13-17)24-10-8-23(9-11-24)15-16-4-2-1-3-5-16/h1-5,12-14,18H,6-11,15H2,(H,22,25). The van der Waals surface area contributed by atoms with Crippen molar-refractivity contribution in [1.82, 2.24) is 15.2 Å². The monoisotopic (exact) mass is 336 g/mol. The molecule has 1 N–H and O–H groups in total. The summed E-state index contributed by atoms with van der Waals surface area (Å²) in [5.41, 5.74) is 3.07. The molecule has 0 radical (unpaired) electrons. The normalized spacial score (nSPS) is 18.2. The van der Waals surface area contributed by atoms with Crippen LogP contribution in [0.4, 0.5) is 5.69 Å². The van der Waals surface area contributed by atoms with Crippen LogP contribution in [0.15, 0.2) is 48.8 Å². The number of benzene rings is 1. The lowest BCUT2D eigenvalue weighted by molar-refractivity contribution is 0.0950. The Balaban J connectivity index is 1.35. The number of aromatic nitrogens is 1. The van der Waals surface area contributed by atoms with Gasteiger partial charge in [-0.3, -0.25) is 14.7 Å². The van der Waals surface area contributed by atoms with Crippen LogP contribution >= 0.6 is 0 Å². The summed E-state index contributed by atoms with van der Waals surface area (Å²) in [7, 11) is 0. The number of amides is 1. The zero-order chi connectivity index (χ0) is 17.1. The topological polar surface area (TPSA) is 48.5 Å². The van der Waals surface area contributed by atoms with Gasteiger partial charge in [0, 0.05) is 45.0 Å². The Morgan fingerprint density at radius 2 is 1.84 bits per heavy atom. The predicted molar refractivity (Wildman–Crippen MR) is 98.7 cm³/mol. The summed E-state index contributed by atoms with van der Waals surface area (Å²) in [6.45, 7) is 4.96. The van der Waals surface area contributed by atoms with Gasteiger partial charge >= 0.3 is 0 Å². The van der Waals surface area contributed by atoms with Crippen LogP contribution in [0.5, 0.6) is 0 Å². The van der Waals surface area contributed by atoms with Gasteiger partial charge in [-0.1, -0.05) is 30.3 Å². The molecule has 5 heteroatoms. The average Bonchev–Trinajstić information content (AvgIpc) is 3.47. The highest BCUT2D eigenvalue weighted by molar-refractivity contribution is 5.95. The molecular formula is C20H24N4O. The highest BCUT2D eigenvalue weighted by Crippen LogP contribution is 2.21. The van der Waals surface area contributed by atoms with Crippen LogP contribution in [-0.2, 0) is 6.54 Å². The molecule has 2 fully saturated rings. The minimum absolute atomic E-state index is 0.000404. The fourth-order valence-electron chi connectivity index (χ4n) is 3.23. The first-order chi connectivity index (χ1) is 12.3. The van der Waals surface area contributed by atoms with E-state index in [4.69, 9.17) is 0 Å². The van der Waals surface area contributed by atoms with Crippen molar-refractivity contribution in [3.63, 3.8) is 0 Å². The molecule has 1 saturated carbocycles. The van der Waals surface area contributed by atoms with Crippen molar-refractivity contribution in [2.24, 2.45) is 0 Å². The first-order valence-corrected chi connectivity index (χ1v) is 9.05. The zero-order valence-corrected chi connectivity index (χ0v) is 14.4. The van der Waals surface area contributed by atoms with Crippen molar-refractivity contribution in [3.8, 4) is 0 Å². The molecule has 1 aliphatic carbocycles. The lowest BCUT2D eigenvalue weighted by atomic mass is 10.2. The smallest absolute Gasteiger partial charge is 0.253 e. The van der Waals surface area contributed by atoms with E-state index in [1.807, 2.05) is 12.3 Å². The lowest BCUT2D eigenvalue weighted by Crippen LogP contribution is -2.46. The maximum Gasteiger partial charge on any atom is 0.253 e. The fraction of sp³-hybridized carbons (Fsp3) is 0.400. The fourth-order valence-corrected chi connectivity index (χ4v) is 3.23. The molecular weight excluding hydrogens is 312 g/mol. The van der Waals surface area contributed by atoms with Crippen molar-refractivity contribution >= 4 is 11.6 Å². The minimum Gasteiger partial charge on any atom is -0.368 e. The van der Waals surface area contributed by atoms with E-state index in [0.29, 0.717) is 11.6 Å². The van der Waals surface area contributed by atoms with Crippen molar-refractivity contribution in [3.05, 3.63) is 59.9 Å². The third-order valence-corrected chi connectivity index (χ3v) is 4.89. The molecule has 1 aromatic heterocycles. The quantitative estimate of drug-likeness (QED) is 0.910. The molecule has 0 unspecified atom stereocenters. The summed E-state index contributed by atoms with van der Waals surface area (Å²) in [5.74, 6) is -0.000404.